The van der Waals surface area contributed by atoms with E-state index in [1.165, 1.54) is 27.9 Å². The molecule has 2 rings (SSSR count). The molecule has 1 heterocycles. The molecule has 0 radical (unpaired) electrons. The van der Waals surface area contributed by atoms with Crippen LogP contribution in [0.25, 0.3) is 0 Å². The first-order chi connectivity index (χ1) is 9.93. The molecule has 0 aliphatic heterocycles. The molecule has 0 spiro atoms. The van der Waals surface area contributed by atoms with Gasteiger partial charge in [0.15, 0.2) is 0 Å². The Morgan fingerprint density at radius 1 is 1.10 bits per heavy atom. The van der Waals surface area contributed by atoms with Crippen molar-refractivity contribution in [3.63, 3.8) is 0 Å². The van der Waals surface area contributed by atoms with Crippen molar-refractivity contribution in [3.8, 4) is 0 Å². The Balaban J connectivity index is 2.38. The molecule has 0 aliphatic carbocycles. The Morgan fingerprint density at radius 2 is 1.71 bits per heavy atom. The van der Waals surface area contributed by atoms with Crippen molar-refractivity contribution in [2.45, 2.75) is 54.1 Å². The van der Waals surface area contributed by atoms with Crippen molar-refractivity contribution < 1.29 is 0 Å². The molecule has 0 saturated heterocycles. The van der Waals surface area contributed by atoms with Crippen LogP contribution in [-0.4, -0.2) is 16.1 Å². The number of benzene rings is 1. The van der Waals surface area contributed by atoms with Crippen LogP contribution in [0.3, 0.4) is 0 Å². The molecule has 21 heavy (non-hydrogen) atoms. The Kier molecular flexibility index (Phi) is 4.84. The van der Waals surface area contributed by atoms with Gasteiger partial charge < -0.3 is 9.88 Å². The van der Waals surface area contributed by atoms with Crippen LogP contribution in [0.1, 0.15) is 46.6 Å². The SMILES string of the molecule is CCNC(Cn1cnc(C)c1C)c1c(C)cc(C)cc1C. The Labute approximate surface area is 128 Å². The number of aryl methyl sites for hydroxylation is 4. The average molecular weight is 285 g/mol. The lowest BCUT2D eigenvalue weighted by molar-refractivity contribution is 0.466. The minimum atomic E-state index is 0.322. The van der Waals surface area contributed by atoms with E-state index in [1.807, 2.05) is 6.33 Å². The van der Waals surface area contributed by atoms with E-state index < -0.39 is 0 Å². The van der Waals surface area contributed by atoms with Gasteiger partial charge in [0.1, 0.15) is 0 Å². The number of rotatable bonds is 5. The molecule has 0 amide bonds. The van der Waals surface area contributed by atoms with Crippen molar-refractivity contribution >= 4 is 0 Å². The lowest BCUT2D eigenvalue weighted by atomic mass is 9.93. The van der Waals surface area contributed by atoms with Crippen LogP contribution < -0.4 is 5.32 Å². The van der Waals surface area contributed by atoms with Gasteiger partial charge >= 0.3 is 0 Å². The van der Waals surface area contributed by atoms with Gasteiger partial charge in [0.25, 0.3) is 0 Å². The summed E-state index contributed by atoms with van der Waals surface area (Å²) in [6.45, 7) is 14.8. The number of hydrogen-bond acceptors (Lipinski definition) is 2. The molecule has 1 aromatic heterocycles. The van der Waals surface area contributed by atoms with Gasteiger partial charge in [-0.1, -0.05) is 24.6 Å². The summed E-state index contributed by atoms with van der Waals surface area (Å²) < 4.78 is 2.25. The van der Waals surface area contributed by atoms with Crippen molar-refractivity contribution in [1.82, 2.24) is 14.9 Å². The zero-order valence-corrected chi connectivity index (χ0v) is 14.1. The highest BCUT2D eigenvalue weighted by Crippen LogP contribution is 2.25. The van der Waals surface area contributed by atoms with Crippen LogP contribution >= 0.6 is 0 Å². The third kappa shape index (κ3) is 3.35. The summed E-state index contributed by atoms with van der Waals surface area (Å²) in [6.07, 6.45) is 1.95. The number of likely N-dealkylation sites (N-methyl/N-ethyl adjacent to an activating group) is 1. The maximum absolute atomic E-state index is 4.42. The zero-order chi connectivity index (χ0) is 15.6. The van der Waals surface area contributed by atoms with Gasteiger partial charge in [0.2, 0.25) is 0 Å². The molecule has 1 aromatic carbocycles. The molecule has 1 atom stereocenters. The van der Waals surface area contributed by atoms with Gasteiger partial charge in [-0.25, -0.2) is 4.98 Å². The highest BCUT2D eigenvalue weighted by Gasteiger charge is 2.17. The van der Waals surface area contributed by atoms with Crippen LogP contribution in [0, 0.1) is 34.6 Å². The maximum Gasteiger partial charge on any atom is 0.0952 e. The monoisotopic (exact) mass is 285 g/mol. The Hall–Kier alpha value is -1.61. The van der Waals surface area contributed by atoms with Gasteiger partial charge in [-0.15, -0.1) is 0 Å². The number of hydrogen-bond donors (Lipinski definition) is 1. The quantitative estimate of drug-likeness (QED) is 0.906. The van der Waals surface area contributed by atoms with E-state index in [2.05, 4.69) is 68.5 Å². The van der Waals surface area contributed by atoms with E-state index in [1.54, 1.807) is 0 Å². The fraction of sp³-hybridized carbons (Fsp3) is 0.500. The highest BCUT2D eigenvalue weighted by atomic mass is 15.1. The molecule has 1 N–H and O–H groups in total. The summed E-state index contributed by atoms with van der Waals surface area (Å²) in [4.78, 5) is 4.42. The predicted molar refractivity (Wildman–Crippen MR) is 88.8 cm³/mol. The smallest absolute Gasteiger partial charge is 0.0952 e. The molecule has 0 aliphatic rings. The van der Waals surface area contributed by atoms with E-state index in [0.717, 1.165) is 18.8 Å². The summed E-state index contributed by atoms with van der Waals surface area (Å²) >= 11 is 0. The highest BCUT2D eigenvalue weighted by molar-refractivity contribution is 5.39. The topological polar surface area (TPSA) is 29.9 Å². The van der Waals surface area contributed by atoms with Crippen LogP contribution in [0.4, 0.5) is 0 Å². The van der Waals surface area contributed by atoms with Gasteiger partial charge in [-0.3, -0.25) is 0 Å². The molecule has 0 saturated carbocycles. The average Bonchev–Trinajstić information content (AvgIpc) is 2.69. The Bertz CT molecular complexity index is 602. The first-order valence-corrected chi connectivity index (χ1v) is 7.73. The summed E-state index contributed by atoms with van der Waals surface area (Å²) in [6, 6.07) is 4.88. The Morgan fingerprint density at radius 3 is 2.19 bits per heavy atom. The van der Waals surface area contributed by atoms with E-state index in [9.17, 15) is 0 Å². The summed E-state index contributed by atoms with van der Waals surface area (Å²) in [5, 5.41) is 3.64. The van der Waals surface area contributed by atoms with Gasteiger partial charge in [0, 0.05) is 12.2 Å². The molecule has 2 aromatic rings. The summed E-state index contributed by atoms with van der Waals surface area (Å²) in [5.41, 5.74) is 7.86. The second-order valence-corrected chi connectivity index (χ2v) is 5.99. The molecule has 0 bridgehead atoms. The van der Waals surface area contributed by atoms with E-state index in [0.29, 0.717) is 6.04 Å². The molecule has 3 nitrogen and oxygen atoms in total. The first-order valence-electron chi connectivity index (χ1n) is 7.73. The van der Waals surface area contributed by atoms with E-state index in [-0.39, 0.29) is 0 Å². The van der Waals surface area contributed by atoms with Crippen molar-refractivity contribution in [3.05, 3.63) is 52.1 Å². The lowest BCUT2D eigenvalue weighted by Crippen LogP contribution is -2.27. The summed E-state index contributed by atoms with van der Waals surface area (Å²) in [5.74, 6) is 0. The lowest BCUT2D eigenvalue weighted by Gasteiger charge is -2.24. The fourth-order valence-corrected chi connectivity index (χ4v) is 3.17. The van der Waals surface area contributed by atoms with Gasteiger partial charge in [0.05, 0.1) is 18.1 Å². The van der Waals surface area contributed by atoms with E-state index >= 15 is 0 Å². The van der Waals surface area contributed by atoms with Crippen molar-refractivity contribution in [2.24, 2.45) is 0 Å². The molecular formula is C18H27N3. The van der Waals surface area contributed by atoms with Crippen molar-refractivity contribution in [1.29, 1.82) is 0 Å². The molecular weight excluding hydrogens is 258 g/mol. The third-order valence-electron chi connectivity index (χ3n) is 4.26. The van der Waals surface area contributed by atoms with Crippen LogP contribution in [0.5, 0.6) is 0 Å². The van der Waals surface area contributed by atoms with Crippen molar-refractivity contribution in [2.75, 3.05) is 6.54 Å². The maximum atomic E-state index is 4.42. The number of aromatic nitrogens is 2. The second kappa shape index (κ2) is 6.44. The van der Waals surface area contributed by atoms with Crippen LogP contribution in [-0.2, 0) is 6.54 Å². The molecule has 0 fully saturated rings. The standard InChI is InChI=1S/C18H27N3/c1-7-19-17(10-21-11-20-15(5)16(21)6)18-13(3)8-12(2)9-14(18)4/h8-9,11,17,19H,7,10H2,1-6H3. The molecule has 1 unspecified atom stereocenters. The minimum absolute atomic E-state index is 0.322. The number of imidazole rings is 1. The number of nitrogens with zero attached hydrogens (tertiary/aromatic N) is 2. The van der Waals surface area contributed by atoms with E-state index in [4.69, 9.17) is 0 Å². The second-order valence-electron chi connectivity index (χ2n) is 5.99. The minimum Gasteiger partial charge on any atom is -0.333 e. The third-order valence-corrected chi connectivity index (χ3v) is 4.26. The summed E-state index contributed by atoms with van der Waals surface area (Å²) in [7, 11) is 0. The largest absolute Gasteiger partial charge is 0.333 e. The van der Waals surface area contributed by atoms with Gasteiger partial charge in [-0.05, 0) is 57.9 Å². The van der Waals surface area contributed by atoms with Crippen LogP contribution in [0.15, 0.2) is 18.5 Å². The first kappa shape index (κ1) is 15.8. The number of nitrogens with one attached hydrogen (secondary N) is 1. The van der Waals surface area contributed by atoms with Gasteiger partial charge in [-0.2, -0.15) is 0 Å². The van der Waals surface area contributed by atoms with Crippen LogP contribution in [0.2, 0.25) is 0 Å². The fourth-order valence-electron chi connectivity index (χ4n) is 3.17. The molecule has 114 valence electrons. The normalized spacial score (nSPS) is 12.7. The molecule has 3 heteroatoms. The zero-order valence-electron chi connectivity index (χ0n) is 14.1. The predicted octanol–water partition coefficient (Wildman–Crippen LogP) is 3.78.